The van der Waals surface area contributed by atoms with E-state index in [1.165, 1.54) is 0 Å². The van der Waals surface area contributed by atoms with Crippen LogP contribution in [0.2, 0.25) is 0 Å². The summed E-state index contributed by atoms with van der Waals surface area (Å²) in [4.78, 5) is 0. The monoisotopic (exact) mass is 248 g/mol. The van der Waals surface area contributed by atoms with Gasteiger partial charge >= 0.3 is 0 Å². The second-order valence-corrected chi connectivity index (χ2v) is 6.05. The summed E-state index contributed by atoms with van der Waals surface area (Å²) in [6.45, 7) is 4.61. The van der Waals surface area contributed by atoms with Gasteiger partial charge in [-0.15, -0.1) is 0 Å². The maximum Gasteiger partial charge on any atom is 0.218 e. The minimum Gasteiger partial charge on any atom is -0.394 e. The predicted octanol–water partition coefficient (Wildman–Crippen LogP) is 0.173. The van der Waals surface area contributed by atoms with Crippen LogP contribution in [-0.4, -0.2) is 30.8 Å². The van der Waals surface area contributed by atoms with Gasteiger partial charge < -0.3 is 9.63 Å². The van der Waals surface area contributed by atoms with Crippen molar-refractivity contribution in [1.29, 1.82) is 0 Å². The lowest BCUT2D eigenvalue weighted by Crippen LogP contribution is -2.46. The SMILES string of the molecule is Cc1cc(CS(=O)(=O)NC(C)(C)CO)no1. The molecule has 0 saturated carbocycles. The van der Waals surface area contributed by atoms with Crippen LogP contribution in [0.5, 0.6) is 0 Å². The maximum atomic E-state index is 11.7. The molecule has 7 heteroatoms. The molecular weight excluding hydrogens is 232 g/mol. The average Bonchev–Trinajstić information content (AvgIpc) is 2.48. The maximum absolute atomic E-state index is 11.7. The Morgan fingerprint density at radius 3 is 2.62 bits per heavy atom. The summed E-state index contributed by atoms with van der Waals surface area (Å²) >= 11 is 0. The molecule has 0 spiro atoms. The highest BCUT2D eigenvalue weighted by molar-refractivity contribution is 7.88. The first-order valence-electron chi connectivity index (χ1n) is 4.79. The molecule has 2 N–H and O–H groups in total. The average molecular weight is 248 g/mol. The first-order chi connectivity index (χ1) is 7.24. The Morgan fingerprint density at radius 2 is 2.19 bits per heavy atom. The highest BCUT2D eigenvalue weighted by atomic mass is 32.2. The summed E-state index contributed by atoms with van der Waals surface area (Å²) in [5.74, 6) is 0.306. The highest BCUT2D eigenvalue weighted by Crippen LogP contribution is 2.09. The molecule has 1 heterocycles. The predicted molar refractivity (Wildman–Crippen MR) is 58.2 cm³/mol. The van der Waals surface area contributed by atoms with Gasteiger partial charge in [-0.2, -0.15) is 0 Å². The van der Waals surface area contributed by atoms with E-state index in [0.29, 0.717) is 11.5 Å². The fraction of sp³-hybridized carbons (Fsp3) is 0.667. The Hall–Kier alpha value is -0.920. The third-order valence-electron chi connectivity index (χ3n) is 1.84. The van der Waals surface area contributed by atoms with Crippen molar-refractivity contribution in [3.8, 4) is 0 Å². The van der Waals surface area contributed by atoms with Crippen molar-refractivity contribution in [1.82, 2.24) is 9.88 Å². The molecule has 16 heavy (non-hydrogen) atoms. The van der Waals surface area contributed by atoms with Gasteiger partial charge in [0.25, 0.3) is 0 Å². The molecule has 0 aliphatic heterocycles. The summed E-state index contributed by atoms with van der Waals surface area (Å²) in [6, 6.07) is 1.56. The van der Waals surface area contributed by atoms with Crippen molar-refractivity contribution in [2.75, 3.05) is 6.61 Å². The molecule has 1 aromatic heterocycles. The number of aliphatic hydroxyl groups is 1. The van der Waals surface area contributed by atoms with E-state index in [2.05, 4.69) is 9.88 Å². The lowest BCUT2D eigenvalue weighted by atomic mass is 10.1. The van der Waals surface area contributed by atoms with Gasteiger partial charge in [0.2, 0.25) is 10.0 Å². The number of nitrogens with one attached hydrogen (secondary N) is 1. The fourth-order valence-electron chi connectivity index (χ4n) is 1.17. The van der Waals surface area contributed by atoms with Crippen LogP contribution in [-0.2, 0) is 15.8 Å². The number of sulfonamides is 1. The van der Waals surface area contributed by atoms with Crippen LogP contribution >= 0.6 is 0 Å². The van der Waals surface area contributed by atoms with Crippen LogP contribution in [0.1, 0.15) is 25.3 Å². The molecule has 0 saturated heterocycles. The van der Waals surface area contributed by atoms with Gasteiger partial charge in [0.05, 0.1) is 12.1 Å². The Morgan fingerprint density at radius 1 is 1.56 bits per heavy atom. The molecule has 0 bridgehead atoms. The van der Waals surface area contributed by atoms with E-state index < -0.39 is 15.6 Å². The Bertz CT molecular complexity index is 450. The lowest BCUT2D eigenvalue weighted by Gasteiger charge is -2.22. The van der Waals surface area contributed by atoms with Crippen LogP contribution in [0.15, 0.2) is 10.6 Å². The van der Waals surface area contributed by atoms with E-state index in [1.54, 1.807) is 26.8 Å². The van der Waals surface area contributed by atoms with E-state index in [9.17, 15) is 8.42 Å². The number of aromatic nitrogens is 1. The number of hydrogen-bond donors (Lipinski definition) is 2. The van der Waals surface area contributed by atoms with Crippen molar-refractivity contribution >= 4 is 10.0 Å². The standard InChI is InChI=1S/C9H16N2O4S/c1-7-4-8(10-15-7)5-16(13,14)11-9(2,3)6-12/h4,11-12H,5-6H2,1-3H3. The Kier molecular flexibility index (Phi) is 3.72. The van der Waals surface area contributed by atoms with E-state index in [0.717, 1.165) is 0 Å². The molecule has 6 nitrogen and oxygen atoms in total. The summed E-state index contributed by atoms with van der Waals surface area (Å²) in [6.07, 6.45) is 0. The molecule has 0 atom stereocenters. The van der Waals surface area contributed by atoms with Crippen LogP contribution in [0.4, 0.5) is 0 Å². The first-order valence-corrected chi connectivity index (χ1v) is 6.44. The van der Waals surface area contributed by atoms with Gasteiger partial charge in [-0.3, -0.25) is 0 Å². The molecule has 1 aromatic rings. The first kappa shape index (κ1) is 13.1. The molecular formula is C9H16N2O4S. The van der Waals surface area contributed by atoms with E-state index in [-0.39, 0.29) is 12.4 Å². The van der Waals surface area contributed by atoms with Gasteiger partial charge in [-0.1, -0.05) is 5.16 Å². The van der Waals surface area contributed by atoms with Crippen LogP contribution in [0, 0.1) is 6.92 Å². The molecule has 0 aromatic carbocycles. The molecule has 0 radical (unpaired) electrons. The lowest BCUT2D eigenvalue weighted by molar-refractivity contribution is 0.208. The second-order valence-electron chi connectivity index (χ2n) is 4.33. The van der Waals surface area contributed by atoms with Crippen molar-refractivity contribution < 1.29 is 18.0 Å². The van der Waals surface area contributed by atoms with E-state index >= 15 is 0 Å². The third-order valence-corrected chi connectivity index (χ3v) is 3.38. The number of hydrogen-bond acceptors (Lipinski definition) is 5. The van der Waals surface area contributed by atoms with Gasteiger partial charge in [0, 0.05) is 6.07 Å². The van der Waals surface area contributed by atoms with Gasteiger partial charge in [-0.05, 0) is 20.8 Å². The van der Waals surface area contributed by atoms with Crippen molar-refractivity contribution in [2.45, 2.75) is 32.1 Å². The fourth-order valence-corrected chi connectivity index (χ4v) is 2.67. The summed E-state index contributed by atoms with van der Waals surface area (Å²) in [5.41, 5.74) is -0.531. The van der Waals surface area contributed by atoms with Gasteiger partial charge in [0.1, 0.15) is 17.2 Å². The summed E-state index contributed by atoms with van der Waals surface area (Å²) in [5, 5.41) is 12.6. The van der Waals surface area contributed by atoms with Crippen molar-refractivity contribution in [2.24, 2.45) is 0 Å². The molecule has 0 amide bonds. The highest BCUT2D eigenvalue weighted by Gasteiger charge is 2.25. The zero-order chi connectivity index (χ0) is 12.4. The summed E-state index contributed by atoms with van der Waals surface area (Å²) < 4.78 is 30.5. The Labute approximate surface area is 94.7 Å². The largest absolute Gasteiger partial charge is 0.394 e. The van der Waals surface area contributed by atoms with Gasteiger partial charge in [-0.25, -0.2) is 13.1 Å². The molecule has 1 rings (SSSR count). The zero-order valence-corrected chi connectivity index (χ0v) is 10.3. The third kappa shape index (κ3) is 3.92. The van der Waals surface area contributed by atoms with Crippen LogP contribution in [0.25, 0.3) is 0 Å². The number of rotatable bonds is 5. The second kappa shape index (κ2) is 4.52. The summed E-state index contributed by atoms with van der Waals surface area (Å²) in [7, 11) is -3.52. The number of aryl methyl sites for hydroxylation is 1. The van der Waals surface area contributed by atoms with Gasteiger partial charge in [0.15, 0.2) is 0 Å². The number of aliphatic hydroxyl groups excluding tert-OH is 1. The molecule has 0 aliphatic rings. The van der Waals surface area contributed by atoms with Crippen molar-refractivity contribution in [3.63, 3.8) is 0 Å². The minimum absolute atomic E-state index is 0.256. The molecule has 92 valence electrons. The quantitative estimate of drug-likeness (QED) is 0.775. The Balaban J connectivity index is 2.73. The topological polar surface area (TPSA) is 92.4 Å². The normalized spacial score (nSPS) is 13.0. The zero-order valence-electron chi connectivity index (χ0n) is 9.52. The minimum atomic E-state index is -3.52. The molecule has 0 unspecified atom stereocenters. The molecule has 0 aliphatic carbocycles. The number of nitrogens with zero attached hydrogens (tertiary/aromatic N) is 1. The van der Waals surface area contributed by atoms with Crippen LogP contribution < -0.4 is 4.72 Å². The van der Waals surface area contributed by atoms with E-state index in [4.69, 9.17) is 9.63 Å². The van der Waals surface area contributed by atoms with Crippen molar-refractivity contribution in [3.05, 3.63) is 17.5 Å². The van der Waals surface area contributed by atoms with E-state index in [1.807, 2.05) is 0 Å². The smallest absolute Gasteiger partial charge is 0.218 e. The van der Waals surface area contributed by atoms with Crippen LogP contribution in [0.3, 0.4) is 0 Å². The molecule has 0 fully saturated rings.